The lowest BCUT2D eigenvalue weighted by Crippen LogP contribution is -2.35. The highest BCUT2D eigenvalue weighted by Crippen LogP contribution is 2.28. The lowest BCUT2D eigenvalue weighted by molar-refractivity contribution is 0.273. The van der Waals surface area contributed by atoms with Crippen molar-refractivity contribution in [1.82, 2.24) is 5.32 Å². The number of halogens is 1. The van der Waals surface area contributed by atoms with Crippen LogP contribution in [0.15, 0.2) is 0 Å². The van der Waals surface area contributed by atoms with Crippen molar-refractivity contribution in [2.75, 3.05) is 7.05 Å². The zero-order valence-electron chi connectivity index (χ0n) is 6.26. The van der Waals surface area contributed by atoms with Gasteiger partial charge in [-0.3, -0.25) is 0 Å². The molecule has 0 aromatic heterocycles. The minimum Gasteiger partial charge on any atom is -0.307 e. The van der Waals surface area contributed by atoms with Gasteiger partial charge >= 0.3 is 0 Å². The molecule has 1 rings (SSSR count). The van der Waals surface area contributed by atoms with Gasteiger partial charge in [0.25, 0.3) is 0 Å². The first-order valence-corrected chi connectivity index (χ1v) is 3.52. The van der Waals surface area contributed by atoms with E-state index in [1.807, 2.05) is 7.05 Å². The van der Waals surface area contributed by atoms with Gasteiger partial charge in [-0.1, -0.05) is 12.3 Å². The van der Waals surface area contributed by atoms with Crippen LogP contribution >= 0.6 is 12.4 Å². The molecule has 0 spiro atoms. The Morgan fingerprint density at radius 2 is 2.20 bits per heavy atom. The van der Waals surface area contributed by atoms with Crippen molar-refractivity contribution in [3.8, 4) is 12.3 Å². The molecule has 1 aliphatic carbocycles. The monoisotopic (exact) mass is 159 g/mol. The molecule has 1 atom stereocenters. The van der Waals surface area contributed by atoms with Gasteiger partial charge in [-0.15, -0.1) is 18.8 Å². The molecule has 2 heteroatoms. The van der Waals surface area contributed by atoms with Gasteiger partial charge < -0.3 is 5.32 Å². The average molecular weight is 160 g/mol. The summed E-state index contributed by atoms with van der Waals surface area (Å²) in [5.74, 6) is 3.51. The van der Waals surface area contributed by atoms with Crippen LogP contribution in [-0.2, 0) is 0 Å². The van der Waals surface area contributed by atoms with Crippen LogP contribution in [-0.4, -0.2) is 13.1 Å². The number of terminal acetylenes is 1. The van der Waals surface area contributed by atoms with E-state index < -0.39 is 0 Å². The van der Waals surface area contributed by atoms with Crippen molar-refractivity contribution in [2.24, 2.45) is 5.92 Å². The summed E-state index contributed by atoms with van der Waals surface area (Å²) >= 11 is 0. The number of hydrogen-bond acceptors (Lipinski definition) is 1. The molecule has 1 unspecified atom stereocenters. The highest BCUT2D eigenvalue weighted by atomic mass is 35.5. The maximum absolute atomic E-state index is 5.28. The molecular formula is C8H14ClN. The Bertz CT molecular complexity index is 124. The summed E-state index contributed by atoms with van der Waals surface area (Å²) in [6, 6.07) is 0.332. The maximum atomic E-state index is 5.28. The molecule has 1 N–H and O–H groups in total. The molecule has 0 aliphatic heterocycles. The summed E-state index contributed by atoms with van der Waals surface area (Å²) in [5, 5.41) is 3.12. The number of hydrogen-bond donors (Lipinski definition) is 1. The third-order valence-electron chi connectivity index (χ3n) is 2.11. The minimum absolute atomic E-state index is 0. The molecule has 0 aromatic rings. The van der Waals surface area contributed by atoms with Crippen LogP contribution in [0.3, 0.4) is 0 Å². The van der Waals surface area contributed by atoms with Crippen LogP contribution in [0.5, 0.6) is 0 Å². The van der Waals surface area contributed by atoms with Crippen molar-refractivity contribution < 1.29 is 0 Å². The Morgan fingerprint density at radius 1 is 1.60 bits per heavy atom. The first-order valence-electron chi connectivity index (χ1n) is 3.52. The van der Waals surface area contributed by atoms with Gasteiger partial charge in [0, 0.05) is 0 Å². The van der Waals surface area contributed by atoms with Crippen LogP contribution in [0.4, 0.5) is 0 Å². The first kappa shape index (κ1) is 9.81. The summed E-state index contributed by atoms with van der Waals surface area (Å²) in [5.41, 5.74) is 0. The van der Waals surface area contributed by atoms with E-state index in [0.717, 1.165) is 5.92 Å². The highest BCUT2D eigenvalue weighted by molar-refractivity contribution is 5.85. The topological polar surface area (TPSA) is 12.0 Å². The van der Waals surface area contributed by atoms with Crippen LogP contribution < -0.4 is 5.32 Å². The Kier molecular flexibility index (Phi) is 4.51. The van der Waals surface area contributed by atoms with E-state index in [2.05, 4.69) is 11.2 Å². The molecular weight excluding hydrogens is 146 g/mol. The van der Waals surface area contributed by atoms with E-state index in [1.54, 1.807) is 0 Å². The summed E-state index contributed by atoms with van der Waals surface area (Å²) in [4.78, 5) is 0. The van der Waals surface area contributed by atoms with Gasteiger partial charge in [-0.05, 0) is 25.8 Å². The Hall–Kier alpha value is -0.190. The van der Waals surface area contributed by atoms with Crippen LogP contribution in [0.2, 0.25) is 0 Å². The Labute approximate surface area is 69.0 Å². The van der Waals surface area contributed by atoms with E-state index >= 15 is 0 Å². The van der Waals surface area contributed by atoms with E-state index in [-0.39, 0.29) is 12.4 Å². The molecule has 0 amide bonds. The lowest BCUT2D eigenvalue weighted by Gasteiger charge is -2.30. The number of rotatable bonds is 2. The molecule has 1 saturated carbocycles. The van der Waals surface area contributed by atoms with Gasteiger partial charge in [0.1, 0.15) is 0 Å². The van der Waals surface area contributed by atoms with Crippen molar-refractivity contribution in [3.05, 3.63) is 0 Å². The van der Waals surface area contributed by atoms with Crippen molar-refractivity contribution in [2.45, 2.75) is 25.3 Å². The average Bonchev–Trinajstić information content (AvgIpc) is 1.78. The van der Waals surface area contributed by atoms with Crippen molar-refractivity contribution in [3.63, 3.8) is 0 Å². The van der Waals surface area contributed by atoms with Crippen LogP contribution in [0.25, 0.3) is 0 Å². The number of nitrogens with one attached hydrogen (secondary N) is 1. The zero-order chi connectivity index (χ0) is 6.69. The SMILES string of the molecule is C#CC(NC)C1CCC1.Cl. The van der Waals surface area contributed by atoms with Gasteiger partial charge in [0.2, 0.25) is 0 Å². The smallest absolute Gasteiger partial charge is 0.0713 e. The molecule has 1 nitrogen and oxygen atoms in total. The van der Waals surface area contributed by atoms with E-state index in [9.17, 15) is 0 Å². The molecule has 10 heavy (non-hydrogen) atoms. The fraction of sp³-hybridized carbons (Fsp3) is 0.750. The molecule has 58 valence electrons. The van der Waals surface area contributed by atoms with E-state index in [1.165, 1.54) is 19.3 Å². The first-order chi connectivity index (χ1) is 4.38. The third kappa shape index (κ3) is 1.90. The normalized spacial score (nSPS) is 20.0. The summed E-state index contributed by atoms with van der Waals surface area (Å²) in [7, 11) is 1.93. The molecule has 0 saturated heterocycles. The molecule has 0 heterocycles. The van der Waals surface area contributed by atoms with Crippen molar-refractivity contribution in [1.29, 1.82) is 0 Å². The molecule has 1 fully saturated rings. The quantitative estimate of drug-likeness (QED) is 0.602. The Balaban J connectivity index is 0.000000810. The van der Waals surface area contributed by atoms with Crippen LogP contribution in [0, 0.1) is 18.3 Å². The largest absolute Gasteiger partial charge is 0.307 e. The fourth-order valence-corrected chi connectivity index (χ4v) is 1.23. The second-order valence-corrected chi connectivity index (χ2v) is 2.62. The fourth-order valence-electron chi connectivity index (χ4n) is 1.23. The van der Waals surface area contributed by atoms with E-state index in [4.69, 9.17) is 6.42 Å². The molecule has 0 aromatic carbocycles. The molecule has 0 radical (unpaired) electrons. The maximum Gasteiger partial charge on any atom is 0.0713 e. The highest BCUT2D eigenvalue weighted by Gasteiger charge is 2.23. The zero-order valence-corrected chi connectivity index (χ0v) is 7.08. The minimum atomic E-state index is 0. The summed E-state index contributed by atoms with van der Waals surface area (Å²) < 4.78 is 0. The van der Waals surface area contributed by atoms with Gasteiger partial charge in [0.05, 0.1) is 6.04 Å². The van der Waals surface area contributed by atoms with Crippen LogP contribution in [0.1, 0.15) is 19.3 Å². The second kappa shape index (κ2) is 4.60. The lowest BCUT2D eigenvalue weighted by atomic mass is 9.80. The van der Waals surface area contributed by atoms with Gasteiger partial charge in [-0.2, -0.15) is 0 Å². The Morgan fingerprint density at radius 3 is 2.30 bits per heavy atom. The standard InChI is InChI=1S/C8H13N.ClH/c1-3-8(9-2)7-5-4-6-7;/h1,7-9H,4-6H2,2H3;1H. The van der Waals surface area contributed by atoms with Gasteiger partial charge in [0.15, 0.2) is 0 Å². The second-order valence-electron chi connectivity index (χ2n) is 2.62. The molecule has 1 aliphatic rings. The van der Waals surface area contributed by atoms with Crippen molar-refractivity contribution >= 4 is 12.4 Å². The molecule has 0 bridgehead atoms. The summed E-state index contributed by atoms with van der Waals surface area (Å²) in [6.07, 6.45) is 9.28. The third-order valence-corrected chi connectivity index (χ3v) is 2.11. The predicted molar refractivity (Wildman–Crippen MR) is 46.3 cm³/mol. The van der Waals surface area contributed by atoms with E-state index in [0.29, 0.717) is 6.04 Å². The summed E-state index contributed by atoms with van der Waals surface area (Å²) in [6.45, 7) is 0. The predicted octanol–water partition coefficient (Wildman–Crippen LogP) is 1.43. The van der Waals surface area contributed by atoms with Gasteiger partial charge in [-0.25, -0.2) is 0 Å².